The fourth-order valence-corrected chi connectivity index (χ4v) is 2.50. The number of anilines is 1. The van der Waals surface area contributed by atoms with Gasteiger partial charge in [-0.2, -0.15) is 18.3 Å². The van der Waals surface area contributed by atoms with Gasteiger partial charge in [0.15, 0.2) is 5.84 Å². The van der Waals surface area contributed by atoms with E-state index in [-0.39, 0.29) is 17.3 Å². The number of imidazole rings is 1. The van der Waals surface area contributed by atoms with Crippen molar-refractivity contribution in [2.45, 2.75) is 33.1 Å². The summed E-state index contributed by atoms with van der Waals surface area (Å²) >= 11 is 0. The molecule has 0 saturated heterocycles. The molecule has 10 heteroatoms. The highest BCUT2D eigenvalue weighted by atomic mass is 19.4. The fraction of sp³-hybridized carbons (Fsp3) is 0.300. The summed E-state index contributed by atoms with van der Waals surface area (Å²) in [6.07, 6.45) is 1.13. The average Bonchev–Trinajstić information content (AvgIpc) is 3.15. The van der Waals surface area contributed by atoms with E-state index < -0.39 is 23.8 Å². The first kappa shape index (κ1) is 22.9. The third-order valence-corrected chi connectivity index (χ3v) is 4.12. The predicted octanol–water partition coefficient (Wildman–Crippen LogP) is 3.79. The SMILES string of the molecule is C=CC(C)Oc1ccc(NN=C(N=O)C(C)/C=c2/[nH]cn/c2=C/C)cc1C(F)(F)F. The number of alkyl halides is 3. The molecule has 0 amide bonds. The minimum absolute atomic E-state index is 0.0263. The first-order valence-electron chi connectivity index (χ1n) is 9.04. The van der Waals surface area contributed by atoms with Crippen molar-refractivity contribution in [1.29, 1.82) is 0 Å². The van der Waals surface area contributed by atoms with E-state index in [0.29, 0.717) is 10.7 Å². The molecule has 2 aromatic rings. The Labute approximate surface area is 171 Å². The minimum Gasteiger partial charge on any atom is -0.486 e. The molecule has 160 valence electrons. The summed E-state index contributed by atoms with van der Waals surface area (Å²) in [5.41, 5.74) is 1.51. The van der Waals surface area contributed by atoms with Crippen molar-refractivity contribution in [2.75, 3.05) is 5.43 Å². The highest BCUT2D eigenvalue weighted by Crippen LogP contribution is 2.38. The highest BCUT2D eigenvalue weighted by molar-refractivity contribution is 5.90. The number of nitroso groups, excluding NO2 is 1. The molecule has 0 saturated carbocycles. The monoisotopic (exact) mass is 421 g/mol. The third kappa shape index (κ3) is 5.79. The van der Waals surface area contributed by atoms with Gasteiger partial charge in [0.2, 0.25) is 0 Å². The van der Waals surface area contributed by atoms with Gasteiger partial charge < -0.3 is 9.72 Å². The van der Waals surface area contributed by atoms with Crippen molar-refractivity contribution >= 4 is 23.7 Å². The van der Waals surface area contributed by atoms with Crippen LogP contribution < -0.4 is 20.9 Å². The van der Waals surface area contributed by atoms with Crippen LogP contribution in [0.5, 0.6) is 5.75 Å². The molecule has 2 rings (SSSR count). The van der Waals surface area contributed by atoms with Crippen molar-refractivity contribution in [3.8, 4) is 5.75 Å². The summed E-state index contributed by atoms with van der Waals surface area (Å²) in [5.74, 6) is -0.990. The standard InChI is InChI=1S/C20H22F3N5O2/c1-5-13(4)30-18-8-7-14(10-15(18)20(21,22)23)26-27-19(28-29)12(3)9-17-16(6-2)24-11-25-17/h5-13,26H,1H2,2-4H3,(H,24,25)/b16-6+,17-9+,27-19?. The van der Waals surface area contributed by atoms with Crippen molar-refractivity contribution in [3.63, 3.8) is 0 Å². The fourth-order valence-electron chi connectivity index (χ4n) is 2.50. The molecule has 7 nitrogen and oxygen atoms in total. The molecule has 1 heterocycles. The van der Waals surface area contributed by atoms with Gasteiger partial charge in [0.1, 0.15) is 11.9 Å². The maximum atomic E-state index is 13.4. The zero-order valence-electron chi connectivity index (χ0n) is 16.7. The molecule has 0 radical (unpaired) electrons. The van der Waals surface area contributed by atoms with Gasteiger partial charge in [0.05, 0.1) is 28.3 Å². The van der Waals surface area contributed by atoms with E-state index >= 15 is 0 Å². The number of hydrogen-bond donors (Lipinski definition) is 2. The maximum absolute atomic E-state index is 13.4. The number of H-pyrrole nitrogens is 1. The van der Waals surface area contributed by atoms with E-state index in [4.69, 9.17) is 4.74 Å². The molecular formula is C20H22F3N5O2. The Kier molecular flexibility index (Phi) is 7.51. The minimum atomic E-state index is -4.64. The molecule has 1 aromatic heterocycles. The molecular weight excluding hydrogens is 399 g/mol. The molecule has 0 spiro atoms. The molecule has 2 N–H and O–H groups in total. The number of hydrazone groups is 1. The predicted molar refractivity (Wildman–Crippen MR) is 110 cm³/mol. The molecule has 2 unspecified atom stereocenters. The number of benzene rings is 1. The van der Waals surface area contributed by atoms with Gasteiger partial charge in [-0.3, -0.25) is 5.43 Å². The van der Waals surface area contributed by atoms with Gasteiger partial charge in [-0.15, -0.1) is 4.91 Å². The van der Waals surface area contributed by atoms with E-state index in [1.54, 1.807) is 26.0 Å². The van der Waals surface area contributed by atoms with Crippen LogP contribution in [-0.4, -0.2) is 21.9 Å². The second-order valence-electron chi connectivity index (χ2n) is 6.39. The van der Waals surface area contributed by atoms with Crippen LogP contribution in [0.3, 0.4) is 0 Å². The number of aromatic amines is 1. The van der Waals surface area contributed by atoms with Crippen LogP contribution >= 0.6 is 0 Å². The number of nitrogens with zero attached hydrogens (tertiary/aromatic N) is 3. The average molecular weight is 421 g/mol. The maximum Gasteiger partial charge on any atom is 0.420 e. The van der Waals surface area contributed by atoms with E-state index in [1.807, 2.05) is 6.92 Å². The summed E-state index contributed by atoms with van der Waals surface area (Å²) in [4.78, 5) is 18.2. The Bertz CT molecular complexity index is 1040. The first-order valence-corrected chi connectivity index (χ1v) is 9.04. The largest absolute Gasteiger partial charge is 0.486 e. The van der Waals surface area contributed by atoms with Crippen LogP contribution in [0.2, 0.25) is 0 Å². The van der Waals surface area contributed by atoms with Gasteiger partial charge in [-0.1, -0.05) is 25.7 Å². The van der Waals surface area contributed by atoms with E-state index in [1.165, 1.54) is 24.5 Å². The lowest BCUT2D eigenvalue weighted by Crippen LogP contribution is -2.26. The van der Waals surface area contributed by atoms with Gasteiger partial charge >= 0.3 is 6.18 Å². The molecule has 2 atom stereocenters. The lowest BCUT2D eigenvalue weighted by atomic mass is 10.1. The zero-order valence-corrected chi connectivity index (χ0v) is 16.7. The molecule has 30 heavy (non-hydrogen) atoms. The zero-order chi connectivity index (χ0) is 22.3. The van der Waals surface area contributed by atoms with Crippen LogP contribution in [0.1, 0.15) is 26.3 Å². The topological polar surface area (TPSA) is 91.7 Å². The van der Waals surface area contributed by atoms with Gasteiger partial charge in [0, 0.05) is 5.92 Å². The summed E-state index contributed by atoms with van der Waals surface area (Å²) in [5, 5.41) is 8.12. The van der Waals surface area contributed by atoms with Crippen LogP contribution in [0, 0.1) is 10.8 Å². The molecule has 0 fully saturated rings. The Morgan fingerprint density at radius 1 is 1.37 bits per heavy atom. The van der Waals surface area contributed by atoms with Crippen molar-refractivity contribution in [3.05, 3.63) is 58.4 Å². The van der Waals surface area contributed by atoms with Crippen molar-refractivity contribution < 1.29 is 17.9 Å². The van der Waals surface area contributed by atoms with Crippen LogP contribution in [0.15, 0.2) is 47.5 Å². The smallest absolute Gasteiger partial charge is 0.420 e. The second-order valence-corrected chi connectivity index (χ2v) is 6.39. The Morgan fingerprint density at radius 3 is 2.70 bits per heavy atom. The third-order valence-electron chi connectivity index (χ3n) is 4.12. The molecule has 1 aromatic carbocycles. The Morgan fingerprint density at radius 2 is 2.10 bits per heavy atom. The normalized spacial score (nSPS) is 15.6. The van der Waals surface area contributed by atoms with Crippen molar-refractivity contribution in [1.82, 2.24) is 9.97 Å². The number of rotatable bonds is 7. The Balaban J connectivity index is 2.31. The van der Waals surface area contributed by atoms with E-state index in [9.17, 15) is 18.1 Å². The van der Waals surface area contributed by atoms with Gasteiger partial charge in [0.25, 0.3) is 0 Å². The summed E-state index contributed by atoms with van der Waals surface area (Å²) < 4.78 is 45.5. The first-order chi connectivity index (χ1) is 14.2. The number of ether oxygens (including phenoxy) is 1. The molecule has 0 aliphatic heterocycles. The number of hydrogen-bond acceptors (Lipinski definition) is 5. The number of amidine groups is 1. The molecule has 0 aliphatic rings. The number of halogens is 3. The molecule has 0 aliphatic carbocycles. The number of aromatic nitrogens is 2. The summed E-state index contributed by atoms with van der Waals surface area (Å²) in [6, 6.07) is 3.39. The van der Waals surface area contributed by atoms with Gasteiger partial charge in [-0.25, -0.2) is 4.98 Å². The van der Waals surface area contributed by atoms with E-state index in [2.05, 4.69) is 32.3 Å². The Hall–Kier alpha value is -3.43. The number of nitrogens with one attached hydrogen (secondary N) is 2. The van der Waals surface area contributed by atoms with Gasteiger partial charge in [-0.05, 0) is 43.3 Å². The second kappa shape index (κ2) is 9.86. The highest BCUT2D eigenvalue weighted by Gasteiger charge is 2.35. The molecule has 0 bridgehead atoms. The van der Waals surface area contributed by atoms with Crippen LogP contribution in [0.4, 0.5) is 18.9 Å². The summed E-state index contributed by atoms with van der Waals surface area (Å²) in [7, 11) is 0. The van der Waals surface area contributed by atoms with E-state index in [0.717, 1.165) is 6.07 Å². The van der Waals surface area contributed by atoms with Crippen molar-refractivity contribution in [2.24, 2.45) is 16.2 Å². The quantitative estimate of drug-likeness (QED) is 0.234. The lowest BCUT2D eigenvalue weighted by Gasteiger charge is -2.17. The van der Waals surface area contributed by atoms with Crippen LogP contribution in [0.25, 0.3) is 12.2 Å². The lowest BCUT2D eigenvalue weighted by molar-refractivity contribution is -0.139. The van der Waals surface area contributed by atoms with Crippen LogP contribution in [-0.2, 0) is 6.18 Å². The summed E-state index contributed by atoms with van der Waals surface area (Å²) in [6.45, 7) is 8.56.